The van der Waals surface area contributed by atoms with Crippen LogP contribution in [0.1, 0.15) is 13.8 Å². The molecule has 0 radical (unpaired) electrons. The number of benzene rings is 3. The molecule has 1 atom stereocenters. The number of para-hydroxylation sites is 1. The number of nitrogens with zero attached hydrogens (tertiary/aromatic N) is 2. The Labute approximate surface area is 184 Å². The van der Waals surface area contributed by atoms with Crippen LogP contribution in [0.3, 0.4) is 0 Å². The average Bonchev–Trinajstić information content (AvgIpc) is 3.12. The number of rotatable bonds is 7. The minimum Gasteiger partial charge on any atom is -0.496 e. The van der Waals surface area contributed by atoms with Crippen molar-refractivity contribution in [2.75, 3.05) is 12.4 Å². The topological polar surface area (TPSA) is 95.6 Å². The van der Waals surface area contributed by atoms with Crippen LogP contribution in [0, 0.1) is 10.1 Å². The van der Waals surface area contributed by atoms with Gasteiger partial charge in [-0.05, 0) is 50.2 Å². The number of anilines is 1. The van der Waals surface area contributed by atoms with Gasteiger partial charge < -0.3 is 19.4 Å². The molecular weight excluding hydrogens is 410 g/mol. The first kappa shape index (κ1) is 21.2. The van der Waals surface area contributed by atoms with Crippen LogP contribution in [-0.4, -0.2) is 28.6 Å². The molecule has 0 fully saturated rings. The summed E-state index contributed by atoms with van der Waals surface area (Å²) < 4.78 is 12.9. The summed E-state index contributed by atoms with van der Waals surface area (Å²) >= 11 is 0. The number of carbonyl (C=O) groups excluding carboxylic acids is 1. The second kappa shape index (κ2) is 8.58. The van der Waals surface area contributed by atoms with E-state index in [0.29, 0.717) is 11.4 Å². The van der Waals surface area contributed by atoms with E-state index >= 15 is 0 Å². The lowest BCUT2D eigenvalue weighted by atomic mass is 10.1. The zero-order valence-corrected chi connectivity index (χ0v) is 18.0. The van der Waals surface area contributed by atoms with Crippen molar-refractivity contribution in [1.82, 2.24) is 4.57 Å². The highest BCUT2D eigenvalue weighted by Crippen LogP contribution is 2.33. The minimum atomic E-state index is -0.949. The number of fused-ring (bicyclic) bond motifs is 3. The molecule has 0 aliphatic heterocycles. The smallest absolute Gasteiger partial charge is 0.314 e. The maximum Gasteiger partial charge on any atom is 0.314 e. The van der Waals surface area contributed by atoms with E-state index in [9.17, 15) is 14.9 Å². The standard InChI is InChI=1S/C24H23N3O5/c1-4-26-20-8-6-5-7-18(20)19-13-16(9-11-21(19)26)25-24(28)15(2)32-23-12-10-17(31-3)14-22(23)27(29)30/h5-15H,4H2,1-3H3,(H,25,28). The van der Waals surface area contributed by atoms with Gasteiger partial charge in [-0.2, -0.15) is 0 Å². The number of aromatic nitrogens is 1. The Kier molecular flexibility index (Phi) is 5.68. The number of ether oxygens (including phenoxy) is 2. The normalized spacial score (nSPS) is 12.0. The molecule has 3 aromatic carbocycles. The predicted molar refractivity (Wildman–Crippen MR) is 123 cm³/mol. The summed E-state index contributed by atoms with van der Waals surface area (Å²) in [5.41, 5.74) is 2.58. The number of nitro groups is 1. The molecule has 32 heavy (non-hydrogen) atoms. The zero-order valence-electron chi connectivity index (χ0n) is 18.0. The number of amides is 1. The van der Waals surface area contributed by atoms with Gasteiger partial charge in [0.15, 0.2) is 11.9 Å². The number of hydrogen-bond donors (Lipinski definition) is 1. The number of aryl methyl sites for hydroxylation is 1. The molecule has 1 aromatic heterocycles. The summed E-state index contributed by atoms with van der Waals surface area (Å²) in [5.74, 6) is -0.0747. The highest BCUT2D eigenvalue weighted by atomic mass is 16.6. The molecule has 1 N–H and O–H groups in total. The summed E-state index contributed by atoms with van der Waals surface area (Å²) in [5, 5.41) is 16.4. The van der Waals surface area contributed by atoms with Crippen molar-refractivity contribution in [3.05, 3.63) is 70.8 Å². The molecule has 0 aliphatic carbocycles. The van der Waals surface area contributed by atoms with E-state index < -0.39 is 16.9 Å². The van der Waals surface area contributed by atoms with Crippen LogP contribution in [0.15, 0.2) is 60.7 Å². The Bertz CT molecular complexity index is 1330. The summed E-state index contributed by atoms with van der Waals surface area (Å²) in [4.78, 5) is 23.5. The van der Waals surface area contributed by atoms with Crippen molar-refractivity contribution in [2.24, 2.45) is 0 Å². The third-order valence-corrected chi connectivity index (χ3v) is 5.39. The van der Waals surface area contributed by atoms with Crippen molar-refractivity contribution in [2.45, 2.75) is 26.5 Å². The van der Waals surface area contributed by atoms with Crippen LogP contribution in [0.25, 0.3) is 21.8 Å². The van der Waals surface area contributed by atoms with Gasteiger partial charge in [0.25, 0.3) is 5.91 Å². The first-order valence-electron chi connectivity index (χ1n) is 10.2. The minimum absolute atomic E-state index is 0.0000756. The van der Waals surface area contributed by atoms with Gasteiger partial charge in [-0.1, -0.05) is 18.2 Å². The molecule has 1 amide bonds. The highest BCUT2D eigenvalue weighted by Gasteiger charge is 2.22. The van der Waals surface area contributed by atoms with Crippen LogP contribution < -0.4 is 14.8 Å². The molecule has 8 nitrogen and oxygen atoms in total. The van der Waals surface area contributed by atoms with E-state index in [4.69, 9.17) is 9.47 Å². The number of carbonyl (C=O) groups is 1. The molecular formula is C24H23N3O5. The Morgan fingerprint density at radius 1 is 1.09 bits per heavy atom. The second-order valence-corrected chi connectivity index (χ2v) is 7.33. The van der Waals surface area contributed by atoms with Crippen LogP contribution in [0.2, 0.25) is 0 Å². The molecule has 1 unspecified atom stereocenters. The van der Waals surface area contributed by atoms with Gasteiger partial charge in [-0.15, -0.1) is 0 Å². The van der Waals surface area contributed by atoms with Gasteiger partial charge in [0, 0.05) is 34.0 Å². The summed E-state index contributed by atoms with van der Waals surface area (Å²) in [7, 11) is 1.42. The molecule has 4 aromatic rings. The fourth-order valence-electron chi connectivity index (χ4n) is 3.83. The van der Waals surface area contributed by atoms with E-state index in [1.54, 1.807) is 13.0 Å². The SMILES string of the molecule is CCn1c2ccccc2c2cc(NC(=O)C(C)Oc3ccc(OC)cc3[N+](=O)[O-])ccc21. The molecule has 4 rings (SSSR count). The van der Waals surface area contributed by atoms with E-state index in [1.165, 1.54) is 19.2 Å². The summed E-state index contributed by atoms with van der Waals surface area (Å²) in [6.45, 7) is 4.48. The van der Waals surface area contributed by atoms with Crippen molar-refractivity contribution in [3.8, 4) is 11.5 Å². The van der Waals surface area contributed by atoms with Crippen LogP contribution >= 0.6 is 0 Å². The summed E-state index contributed by atoms with van der Waals surface area (Å²) in [6, 6.07) is 18.1. The van der Waals surface area contributed by atoms with Crippen molar-refractivity contribution >= 4 is 39.1 Å². The van der Waals surface area contributed by atoms with Gasteiger partial charge in [0.1, 0.15) is 5.75 Å². The monoisotopic (exact) mass is 433 g/mol. The third kappa shape index (κ3) is 3.82. The summed E-state index contributed by atoms with van der Waals surface area (Å²) in [6.07, 6.45) is -0.949. The van der Waals surface area contributed by atoms with Gasteiger partial charge in [0.05, 0.1) is 18.1 Å². The lowest BCUT2D eigenvalue weighted by Gasteiger charge is -2.15. The van der Waals surface area contributed by atoms with Crippen LogP contribution in [0.5, 0.6) is 11.5 Å². The Balaban J connectivity index is 1.58. The Morgan fingerprint density at radius 3 is 2.56 bits per heavy atom. The van der Waals surface area contributed by atoms with Crippen molar-refractivity contribution < 1.29 is 19.2 Å². The average molecular weight is 433 g/mol. The molecule has 1 heterocycles. The van der Waals surface area contributed by atoms with Gasteiger partial charge in [0.2, 0.25) is 0 Å². The highest BCUT2D eigenvalue weighted by molar-refractivity contribution is 6.10. The maximum atomic E-state index is 12.7. The molecule has 8 heteroatoms. The van der Waals surface area contributed by atoms with E-state index in [1.807, 2.05) is 30.3 Å². The molecule has 0 spiro atoms. The van der Waals surface area contributed by atoms with Crippen molar-refractivity contribution in [1.29, 1.82) is 0 Å². The van der Waals surface area contributed by atoms with Crippen LogP contribution in [0.4, 0.5) is 11.4 Å². The fraction of sp³-hybridized carbons (Fsp3) is 0.208. The van der Waals surface area contributed by atoms with Crippen LogP contribution in [-0.2, 0) is 11.3 Å². The molecule has 0 saturated carbocycles. The lowest BCUT2D eigenvalue weighted by molar-refractivity contribution is -0.386. The molecule has 0 saturated heterocycles. The fourth-order valence-corrected chi connectivity index (χ4v) is 3.83. The second-order valence-electron chi connectivity index (χ2n) is 7.33. The lowest BCUT2D eigenvalue weighted by Crippen LogP contribution is -2.30. The van der Waals surface area contributed by atoms with Crippen molar-refractivity contribution in [3.63, 3.8) is 0 Å². The largest absolute Gasteiger partial charge is 0.496 e. The zero-order chi connectivity index (χ0) is 22.8. The maximum absolute atomic E-state index is 12.7. The first-order chi connectivity index (χ1) is 15.4. The third-order valence-electron chi connectivity index (χ3n) is 5.39. The predicted octanol–water partition coefficient (Wildman–Crippen LogP) is 5.14. The van der Waals surface area contributed by atoms with Gasteiger partial charge >= 0.3 is 5.69 Å². The quantitative estimate of drug-likeness (QED) is 0.322. The van der Waals surface area contributed by atoms with Gasteiger partial charge in [-0.25, -0.2) is 0 Å². The van der Waals surface area contributed by atoms with Gasteiger partial charge in [-0.3, -0.25) is 14.9 Å². The number of nitro benzene ring substituents is 1. The first-order valence-corrected chi connectivity index (χ1v) is 10.2. The Morgan fingerprint density at radius 2 is 1.84 bits per heavy atom. The molecule has 164 valence electrons. The van der Waals surface area contributed by atoms with E-state index in [2.05, 4.69) is 28.9 Å². The van der Waals surface area contributed by atoms with E-state index in [-0.39, 0.29) is 11.4 Å². The number of hydrogen-bond acceptors (Lipinski definition) is 5. The molecule has 0 aliphatic rings. The Hall–Kier alpha value is -4.07. The van der Waals surface area contributed by atoms with E-state index in [0.717, 1.165) is 28.4 Å². The molecule has 0 bridgehead atoms. The number of nitrogens with one attached hydrogen (secondary N) is 1. The number of methoxy groups -OCH3 is 1.